The van der Waals surface area contributed by atoms with Crippen LogP contribution in [0.1, 0.15) is 11.3 Å². The average molecular weight is 208 g/mol. The Morgan fingerprint density at radius 1 is 1.53 bits per heavy atom. The summed E-state index contributed by atoms with van der Waals surface area (Å²) >= 11 is 0. The van der Waals surface area contributed by atoms with E-state index in [-0.39, 0.29) is 17.8 Å². The summed E-state index contributed by atoms with van der Waals surface area (Å²) in [6.45, 7) is 1.29. The maximum atomic E-state index is 13.3. The second-order valence-corrected chi connectivity index (χ2v) is 3.24. The molecule has 0 amide bonds. The molecule has 15 heavy (non-hydrogen) atoms. The van der Waals surface area contributed by atoms with Crippen LogP contribution < -0.4 is 5.56 Å². The summed E-state index contributed by atoms with van der Waals surface area (Å²) in [5.41, 5.74) is 0.664. The van der Waals surface area contributed by atoms with Crippen LogP contribution in [0.3, 0.4) is 0 Å². The molecule has 1 heterocycles. The highest BCUT2D eigenvalue weighted by molar-refractivity contribution is 5.78. The fourth-order valence-corrected chi connectivity index (χ4v) is 1.41. The number of hydrogen-bond donors (Lipinski definition) is 2. The van der Waals surface area contributed by atoms with Crippen molar-refractivity contribution in [2.75, 3.05) is 0 Å². The Bertz CT molecular complexity index is 577. The number of rotatable bonds is 1. The maximum absolute atomic E-state index is 13.3. The zero-order valence-corrected chi connectivity index (χ0v) is 8.04. The molecule has 0 aliphatic carbocycles. The predicted octanol–water partition coefficient (Wildman–Crippen LogP) is 0.863. The fraction of sp³-hybridized carbons (Fsp3) is 0.200. The van der Waals surface area contributed by atoms with Gasteiger partial charge in [-0.3, -0.25) is 4.79 Å². The Kier molecular flexibility index (Phi) is 2.24. The van der Waals surface area contributed by atoms with Gasteiger partial charge in [-0.05, 0) is 13.0 Å². The Morgan fingerprint density at radius 3 is 2.93 bits per heavy atom. The van der Waals surface area contributed by atoms with Crippen LogP contribution in [0.15, 0.2) is 16.9 Å². The van der Waals surface area contributed by atoms with Gasteiger partial charge in [-0.1, -0.05) is 6.07 Å². The molecule has 0 saturated heterocycles. The van der Waals surface area contributed by atoms with Crippen LogP contribution >= 0.6 is 0 Å². The topological polar surface area (TPSA) is 66.0 Å². The first-order chi connectivity index (χ1) is 7.13. The van der Waals surface area contributed by atoms with E-state index < -0.39 is 11.4 Å². The molecule has 2 N–H and O–H groups in total. The third-order valence-electron chi connectivity index (χ3n) is 2.23. The number of halogens is 1. The molecule has 0 saturated carbocycles. The molecule has 0 unspecified atom stereocenters. The van der Waals surface area contributed by atoms with Crippen LogP contribution in [0.25, 0.3) is 11.0 Å². The van der Waals surface area contributed by atoms with Gasteiger partial charge in [0.1, 0.15) is 17.0 Å². The Labute approximate surface area is 84.4 Å². The van der Waals surface area contributed by atoms with Crippen molar-refractivity contribution in [1.82, 2.24) is 9.97 Å². The molecule has 1 aromatic heterocycles. The highest BCUT2D eigenvalue weighted by Gasteiger charge is 2.09. The first-order valence-electron chi connectivity index (χ1n) is 4.42. The maximum Gasteiger partial charge on any atom is 0.269 e. The van der Waals surface area contributed by atoms with Crippen LogP contribution in [0.5, 0.6) is 0 Å². The molecule has 5 heteroatoms. The van der Waals surface area contributed by atoms with Gasteiger partial charge in [0.2, 0.25) is 0 Å². The second-order valence-electron chi connectivity index (χ2n) is 3.24. The van der Waals surface area contributed by atoms with Gasteiger partial charge in [-0.15, -0.1) is 0 Å². The van der Waals surface area contributed by atoms with Gasteiger partial charge in [0.15, 0.2) is 0 Å². The molecule has 0 bridgehead atoms. The third kappa shape index (κ3) is 1.50. The van der Waals surface area contributed by atoms with Crippen molar-refractivity contribution in [3.8, 4) is 0 Å². The summed E-state index contributed by atoms with van der Waals surface area (Å²) < 4.78 is 13.3. The molecule has 4 nitrogen and oxygen atoms in total. The highest BCUT2D eigenvalue weighted by Crippen LogP contribution is 2.17. The number of aliphatic hydroxyl groups is 1. The number of H-pyrrole nitrogens is 1. The lowest BCUT2D eigenvalue weighted by Crippen LogP contribution is -2.13. The summed E-state index contributed by atoms with van der Waals surface area (Å²) in [6, 6.07) is 2.64. The fourth-order valence-electron chi connectivity index (χ4n) is 1.41. The third-order valence-corrected chi connectivity index (χ3v) is 2.23. The number of hydrogen-bond acceptors (Lipinski definition) is 3. The summed E-state index contributed by atoms with van der Waals surface area (Å²) in [5.74, 6) is -0.549. The smallest absolute Gasteiger partial charge is 0.269 e. The van der Waals surface area contributed by atoms with E-state index in [1.165, 1.54) is 19.1 Å². The zero-order valence-electron chi connectivity index (χ0n) is 8.04. The van der Waals surface area contributed by atoms with Gasteiger partial charge in [-0.25, -0.2) is 9.37 Å². The predicted molar refractivity (Wildman–Crippen MR) is 53.0 cm³/mol. The zero-order chi connectivity index (χ0) is 11.0. The van der Waals surface area contributed by atoms with Crippen LogP contribution in [0.4, 0.5) is 4.39 Å². The van der Waals surface area contributed by atoms with Crippen LogP contribution in [0, 0.1) is 12.7 Å². The molecule has 0 aliphatic heterocycles. The molecule has 0 fully saturated rings. The molecular weight excluding hydrogens is 199 g/mol. The highest BCUT2D eigenvalue weighted by atomic mass is 19.1. The number of aromatic amines is 1. The van der Waals surface area contributed by atoms with E-state index in [1.807, 2.05) is 0 Å². The molecule has 0 radical (unpaired) electrons. The molecule has 1 aromatic carbocycles. The van der Waals surface area contributed by atoms with E-state index in [2.05, 4.69) is 9.97 Å². The van der Waals surface area contributed by atoms with E-state index in [1.54, 1.807) is 0 Å². The standard InChI is InChI=1S/C10H9FN2O2/c1-5-10(15)13-9-7(11)3-2-6(4-14)8(9)12-5/h2-3,14H,4H2,1H3,(H,13,15). The van der Waals surface area contributed by atoms with Gasteiger partial charge in [0.25, 0.3) is 5.56 Å². The molecule has 0 spiro atoms. The van der Waals surface area contributed by atoms with Gasteiger partial charge in [0, 0.05) is 5.56 Å². The summed E-state index contributed by atoms with van der Waals surface area (Å²) in [5, 5.41) is 9.03. The number of aliphatic hydroxyl groups excluding tert-OH is 1. The molecular formula is C10H9FN2O2. The van der Waals surface area contributed by atoms with Gasteiger partial charge < -0.3 is 10.1 Å². The minimum atomic E-state index is -0.549. The van der Waals surface area contributed by atoms with Crippen molar-refractivity contribution in [2.45, 2.75) is 13.5 Å². The summed E-state index contributed by atoms with van der Waals surface area (Å²) in [6.07, 6.45) is 0. The van der Waals surface area contributed by atoms with Crippen LogP contribution in [0.2, 0.25) is 0 Å². The first kappa shape index (κ1) is 9.79. The van der Waals surface area contributed by atoms with Crippen molar-refractivity contribution >= 4 is 11.0 Å². The largest absolute Gasteiger partial charge is 0.392 e. The van der Waals surface area contributed by atoms with Gasteiger partial charge in [-0.2, -0.15) is 0 Å². The van der Waals surface area contributed by atoms with E-state index >= 15 is 0 Å². The summed E-state index contributed by atoms with van der Waals surface area (Å²) in [4.78, 5) is 17.6. The molecule has 2 rings (SSSR count). The number of fused-ring (bicyclic) bond motifs is 1. The number of benzene rings is 1. The SMILES string of the molecule is Cc1nc2c(CO)ccc(F)c2[nH]c1=O. The quantitative estimate of drug-likeness (QED) is 0.730. The summed E-state index contributed by atoms with van der Waals surface area (Å²) in [7, 11) is 0. The van der Waals surface area contributed by atoms with Crippen molar-refractivity contribution < 1.29 is 9.50 Å². The lowest BCUT2D eigenvalue weighted by Gasteiger charge is -2.04. The minimum absolute atomic E-state index is 0.0390. The number of aromatic nitrogens is 2. The monoisotopic (exact) mass is 208 g/mol. The number of nitrogens with zero attached hydrogens (tertiary/aromatic N) is 1. The Morgan fingerprint density at radius 2 is 2.27 bits per heavy atom. The lowest BCUT2D eigenvalue weighted by molar-refractivity contribution is 0.283. The molecule has 2 aromatic rings. The van der Waals surface area contributed by atoms with Crippen molar-refractivity contribution in [3.63, 3.8) is 0 Å². The van der Waals surface area contributed by atoms with Gasteiger partial charge in [0.05, 0.1) is 12.1 Å². The second kappa shape index (κ2) is 3.43. The van der Waals surface area contributed by atoms with Gasteiger partial charge >= 0.3 is 0 Å². The Balaban J connectivity index is 2.94. The lowest BCUT2D eigenvalue weighted by atomic mass is 10.1. The minimum Gasteiger partial charge on any atom is -0.392 e. The van der Waals surface area contributed by atoms with E-state index in [0.29, 0.717) is 11.1 Å². The molecule has 0 aliphatic rings. The molecule has 78 valence electrons. The van der Waals surface area contributed by atoms with E-state index in [9.17, 15) is 9.18 Å². The average Bonchev–Trinajstić information content (AvgIpc) is 2.22. The van der Waals surface area contributed by atoms with Crippen molar-refractivity contribution in [2.24, 2.45) is 0 Å². The first-order valence-corrected chi connectivity index (χ1v) is 4.42. The Hall–Kier alpha value is -1.75. The van der Waals surface area contributed by atoms with Crippen molar-refractivity contribution in [1.29, 1.82) is 0 Å². The normalized spacial score (nSPS) is 10.9. The number of aryl methyl sites for hydroxylation is 1. The number of nitrogens with one attached hydrogen (secondary N) is 1. The van der Waals surface area contributed by atoms with E-state index in [4.69, 9.17) is 5.11 Å². The van der Waals surface area contributed by atoms with Crippen LogP contribution in [-0.4, -0.2) is 15.1 Å². The van der Waals surface area contributed by atoms with Crippen LogP contribution in [-0.2, 0) is 6.61 Å². The van der Waals surface area contributed by atoms with Crippen molar-refractivity contribution in [3.05, 3.63) is 39.6 Å². The van der Waals surface area contributed by atoms with E-state index in [0.717, 1.165) is 0 Å². The molecule has 0 atom stereocenters.